The van der Waals surface area contributed by atoms with Gasteiger partial charge in [0.1, 0.15) is 0 Å². The van der Waals surface area contributed by atoms with Crippen LogP contribution in [0.1, 0.15) is 71.1 Å². The molecular weight excluding hydrogens is 248 g/mol. The Kier molecular flexibility index (Phi) is 4.68. The van der Waals surface area contributed by atoms with E-state index in [0.717, 1.165) is 24.4 Å². The van der Waals surface area contributed by atoms with Crippen molar-refractivity contribution in [2.24, 2.45) is 23.6 Å². The third kappa shape index (κ3) is 2.90. The van der Waals surface area contributed by atoms with Gasteiger partial charge in [-0.3, -0.25) is 11.3 Å². The zero-order chi connectivity index (χ0) is 14.0. The van der Waals surface area contributed by atoms with Crippen LogP contribution in [0.5, 0.6) is 0 Å². The van der Waals surface area contributed by atoms with E-state index in [0.29, 0.717) is 6.04 Å². The second-order valence-electron chi connectivity index (χ2n) is 7.52. The quantitative estimate of drug-likeness (QED) is 0.613. The number of nitrogens with two attached hydrogens (primary N) is 1. The summed E-state index contributed by atoms with van der Waals surface area (Å²) >= 11 is 0. The summed E-state index contributed by atoms with van der Waals surface area (Å²) in [6.45, 7) is 3.29. The Morgan fingerprint density at radius 2 is 1.90 bits per heavy atom. The van der Waals surface area contributed by atoms with Gasteiger partial charge in [-0.15, -0.1) is 0 Å². The van der Waals surface area contributed by atoms with Gasteiger partial charge in [0.05, 0.1) is 5.60 Å². The van der Waals surface area contributed by atoms with E-state index in [1.54, 1.807) is 0 Å². The minimum atomic E-state index is 0.249. The van der Waals surface area contributed by atoms with Crippen LogP contribution in [-0.2, 0) is 4.74 Å². The maximum atomic E-state index is 6.08. The molecule has 20 heavy (non-hydrogen) atoms. The minimum Gasteiger partial charge on any atom is -0.375 e. The number of rotatable bonds is 4. The van der Waals surface area contributed by atoms with Crippen molar-refractivity contribution in [2.75, 3.05) is 6.61 Å². The van der Waals surface area contributed by atoms with Gasteiger partial charge in [-0.05, 0) is 62.7 Å². The first-order chi connectivity index (χ1) is 9.76. The Balaban J connectivity index is 1.58. The van der Waals surface area contributed by atoms with Crippen molar-refractivity contribution < 1.29 is 4.74 Å². The van der Waals surface area contributed by atoms with Gasteiger partial charge in [-0.25, -0.2) is 0 Å². The van der Waals surface area contributed by atoms with Crippen LogP contribution in [0.4, 0.5) is 0 Å². The highest BCUT2D eigenvalue weighted by atomic mass is 16.5. The molecule has 1 heterocycles. The van der Waals surface area contributed by atoms with Crippen molar-refractivity contribution in [2.45, 2.75) is 82.8 Å². The largest absolute Gasteiger partial charge is 0.375 e. The van der Waals surface area contributed by atoms with E-state index in [-0.39, 0.29) is 5.60 Å². The van der Waals surface area contributed by atoms with Crippen LogP contribution < -0.4 is 11.3 Å². The van der Waals surface area contributed by atoms with E-state index < -0.39 is 0 Å². The topological polar surface area (TPSA) is 47.3 Å². The molecule has 3 N–H and O–H groups in total. The van der Waals surface area contributed by atoms with Crippen molar-refractivity contribution >= 4 is 0 Å². The molecule has 3 aliphatic rings. The third-order valence-corrected chi connectivity index (χ3v) is 6.47. The fourth-order valence-electron chi connectivity index (χ4n) is 4.90. The number of hydrazine groups is 1. The van der Waals surface area contributed by atoms with Gasteiger partial charge in [-0.2, -0.15) is 0 Å². The number of nitrogens with one attached hydrogen (secondary N) is 1. The Morgan fingerprint density at radius 3 is 2.45 bits per heavy atom. The van der Waals surface area contributed by atoms with Gasteiger partial charge in [0.25, 0.3) is 0 Å². The third-order valence-electron chi connectivity index (χ3n) is 6.47. The normalized spacial score (nSPS) is 38.4. The van der Waals surface area contributed by atoms with E-state index >= 15 is 0 Å². The standard InChI is InChI=1S/C17H32N2O/c1-2-13-4-6-14(7-5-13)16(19-18)15-8-11-20-17(12-15)9-3-10-17/h13-16,19H,2-12,18H2,1H3. The molecule has 2 atom stereocenters. The lowest BCUT2D eigenvalue weighted by molar-refractivity contribution is -0.149. The Bertz CT molecular complexity index is 308. The maximum absolute atomic E-state index is 6.08. The molecule has 1 saturated heterocycles. The van der Waals surface area contributed by atoms with E-state index in [2.05, 4.69) is 12.3 Å². The summed E-state index contributed by atoms with van der Waals surface area (Å²) in [5.41, 5.74) is 3.45. The summed E-state index contributed by atoms with van der Waals surface area (Å²) in [6, 6.07) is 0.522. The highest BCUT2D eigenvalue weighted by molar-refractivity contribution is 4.98. The van der Waals surface area contributed by atoms with Crippen molar-refractivity contribution in [1.82, 2.24) is 5.43 Å². The first kappa shape index (κ1) is 14.8. The molecule has 2 aliphatic carbocycles. The molecule has 0 bridgehead atoms. The molecule has 0 aromatic rings. The summed E-state index contributed by atoms with van der Waals surface area (Å²) in [4.78, 5) is 0. The van der Waals surface area contributed by atoms with E-state index in [1.165, 1.54) is 64.2 Å². The lowest BCUT2D eigenvalue weighted by Gasteiger charge is -2.50. The molecule has 0 aromatic heterocycles. The van der Waals surface area contributed by atoms with Gasteiger partial charge < -0.3 is 4.74 Å². The van der Waals surface area contributed by atoms with Crippen LogP contribution in [0, 0.1) is 17.8 Å². The molecule has 3 rings (SSSR count). The van der Waals surface area contributed by atoms with Gasteiger partial charge >= 0.3 is 0 Å². The first-order valence-corrected chi connectivity index (χ1v) is 8.86. The fourth-order valence-corrected chi connectivity index (χ4v) is 4.90. The monoisotopic (exact) mass is 280 g/mol. The predicted molar refractivity (Wildman–Crippen MR) is 82.1 cm³/mol. The highest BCUT2D eigenvalue weighted by Crippen LogP contribution is 2.46. The molecular formula is C17H32N2O. The first-order valence-electron chi connectivity index (χ1n) is 8.86. The van der Waals surface area contributed by atoms with Crippen molar-refractivity contribution in [3.8, 4) is 0 Å². The molecule has 3 fully saturated rings. The molecule has 1 aliphatic heterocycles. The molecule has 0 amide bonds. The molecule has 116 valence electrons. The second-order valence-corrected chi connectivity index (χ2v) is 7.52. The van der Waals surface area contributed by atoms with Crippen molar-refractivity contribution in [3.63, 3.8) is 0 Å². The van der Waals surface area contributed by atoms with Crippen LogP contribution in [0.3, 0.4) is 0 Å². The highest BCUT2D eigenvalue weighted by Gasteiger charge is 2.45. The van der Waals surface area contributed by atoms with Crippen LogP contribution in [0.25, 0.3) is 0 Å². The van der Waals surface area contributed by atoms with Crippen molar-refractivity contribution in [1.29, 1.82) is 0 Å². The molecule has 0 aromatic carbocycles. The van der Waals surface area contributed by atoms with Crippen LogP contribution in [-0.4, -0.2) is 18.2 Å². The minimum absolute atomic E-state index is 0.249. The number of ether oxygens (including phenoxy) is 1. The Hall–Kier alpha value is -0.120. The summed E-state index contributed by atoms with van der Waals surface area (Å²) < 4.78 is 6.08. The van der Waals surface area contributed by atoms with Gasteiger partial charge in [0.15, 0.2) is 0 Å². The molecule has 1 spiro atoms. The number of hydrogen-bond donors (Lipinski definition) is 2. The lowest BCUT2D eigenvalue weighted by Crippen LogP contribution is -2.54. The summed E-state index contributed by atoms with van der Waals surface area (Å²) in [5.74, 6) is 8.46. The summed E-state index contributed by atoms with van der Waals surface area (Å²) in [6.07, 6.45) is 13.3. The summed E-state index contributed by atoms with van der Waals surface area (Å²) in [5, 5.41) is 0. The lowest BCUT2D eigenvalue weighted by atomic mass is 9.67. The number of hydrogen-bond acceptors (Lipinski definition) is 3. The Morgan fingerprint density at radius 1 is 1.15 bits per heavy atom. The molecule has 0 radical (unpaired) electrons. The molecule has 2 saturated carbocycles. The molecule has 3 nitrogen and oxygen atoms in total. The van der Waals surface area contributed by atoms with Gasteiger partial charge in [-0.1, -0.05) is 26.2 Å². The van der Waals surface area contributed by atoms with Crippen LogP contribution in [0.15, 0.2) is 0 Å². The maximum Gasteiger partial charge on any atom is 0.0685 e. The van der Waals surface area contributed by atoms with Crippen LogP contribution in [0.2, 0.25) is 0 Å². The second kappa shape index (κ2) is 6.33. The smallest absolute Gasteiger partial charge is 0.0685 e. The van der Waals surface area contributed by atoms with Gasteiger partial charge in [0, 0.05) is 12.6 Å². The molecule has 3 heteroatoms. The summed E-state index contributed by atoms with van der Waals surface area (Å²) in [7, 11) is 0. The zero-order valence-electron chi connectivity index (χ0n) is 13.1. The Labute approximate surface area is 124 Å². The zero-order valence-corrected chi connectivity index (χ0v) is 13.1. The van der Waals surface area contributed by atoms with Gasteiger partial charge in [0.2, 0.25) is 0 Å². The van der Waals surface area contributed by atoms with Crippen molar-refractivity contribution in [3.05, 3.63) is 0 Å². The predicted octanol–water partition coefficient (Wildman–Crippen LogP) is 3.38. The average molecular weight is 280 g/mol. The fraction of sp³-hybridized carbons (Fsp3) is 1.00. The average Bonchev–Trinajstić information content (AvgIpc) is 2.47. The molecule has 2 unspecified atom stereocenters. The van der Waals surface area contributed by atoms with E-state index in [9.17, 15) is 0 Å². The SMILES string of the molecule is CCC1CCC(C(NN)C2CCOC3(CCC3)C2)CC1. The van der Waals surface area contributed by atoms with E-state index in [1.807, 2.05) is 0 Å². The van der Waals surface area contributed by atoms with Crippen LogP contribution >= 0.6 is 0 Å². The van der Waals surface area contributed by atoms with E-state index in [4.69, 9.17) is 10.6 Å².